The molecule has 0 heterocycles. The third-order valence-electron chi connectivity index (χ3n) is 3.62. The minimum absolute atomic E-state index is 0.110. The van der Waals surface area contributed by atoms with Crippen molar-refractivity contribution in [1.29, 1.82) is 0 Å². The van der Waals surface area contributed by atoms with Gasteiger partial charge in [-0.1, -0.05) is 48.4 Å². The molecule has 1 atom stereocenters. The fourth-order valence-corrected chi connectivity index (χ4v) is 2.42. The lowest BCUT2D eigenvalue weighted by atomic mass is 10.1. The van der Waals surface area contributed by atoms with E-state index in [9.17, 15) is 4.79 Å². The van der Waals surface area contributed by atoms with Gasteiger partial charge in [0.1, 0.15) is 5.75 Å². The summed E-state index contributed by atoms with van der Waals surface area (Å²) < 4.78 is 5.80. The molecule has 0 spiro atoms. The molecule has 2 aromatic carbocycles. The average Bonchev–Trinajstić information content (AvgIpc) is 2.53. The van der Waals surface area contributed by atoms with Crippen molar-refractivity contribution in [3.05, 3.63) is 64.2 Å². The van der Waals surface area contributed by atoms with Gasteiger partial charge in [-0.2, -0.15) is 0 Å². The van der Waals surface area contributed by atoms with Gasteiger partial charge in [0.25, 0.3) is 5.91 Å². The first-order chi connectivity index (χ1) is 11.0. The predicted octanol–water partition coefficient (Wildman–Crippen LogP) is 4.43. The lowest BCUT2D eigenvalue weighted by Crippen LogP contribution is -2.37. The Morgan fingerprint density at radius 2 is 2.00 bits per heavy atom. The van der Waals surface area contributed by atoms with Crippen LogP contribution in [0.5, 0.6) is 5.75 Å². The maximum Gasteiger partial charge on any atom is 0.261 e. The molecule has 0 bridgehead atoms. The number of ether oxygens (including phenoxy) is 1. The first-order valence-corrected chi connectivity index (χ1v) is 8.13. The zero-order chi connectivity index (χ0) is 16.8. The monoisotopic (exact) mass is 331 g/mol. The minimum Gasteiger partial charge on any atom is -0.481 e. The molecule has 3 nitrogen and oxygen atoms in total. The standard InChI is InChI=1S/C19H22ClNO2/c1-4-18(23-16-8-9-17(20)14(3)11-16)19(22)21-12-15-7-5-6-13(2)10-15/h5-11,18H,4,12H2,1-3H3,(H,21,22). The van der Waals surface area contributed by atoms with E-state index >= 15 is 0 Å². The Morgan fingerprint density at radius 1 is 1.22 bits per heavy atom. The lowest BCUT2D eigenvalue weighted by Gasteiger charge is -2.18. The summed E-state index contributed by atoms with van der Waals surface area (Å²) in [6.45, 7) is 6.37. The Labute approximate surface area is 142 Å². The van der Waals surface area contributed by atoms with Gasteiger partial charge in [0.15, 0.2) is 6.10 Å². The Hall–Kier alpha value is -2.00. The summed E-state index contributed by atoms with van der Waals surface area (Å²) in [5.74, 6) is 0.547. The summed E-state index contributed by atoms with van der Waals surface area (Å²) in [5.41, 5.74) is 3.19. The van der Waals surface area contributed by atoms with E-state index in [-0.39, 0.29) is 5.91 Å². The van der Waals surface area contributed by atoms with E-state index in [4.69, 9.17) is 16.3 Å². The molecular formula is C19H22ClNO2. The summed E-state index contributed by atoms with van der Waals surface area (Å²) >= 11 is 6.01. The maximum atomic E-state index is 12.3. The maximum absolute atomic E-state index is 12.3. The number of hydrogen-bond acceptors (Lipinski definition) is 2. The molecule has 1 N–H and O–H groups in total. The third kappa shape index (κ3) is 5.00. The second-order valence-corrected chi connectivity index (χ2v) is 6.04. The van der Waals surface area contributed by atoms with Crippen molar-refractivity contribution >= 4 is 17.5 Å². The number of rotatable bonds is 6. The predicted molar refractivity (Wildman–Crippen MR) is 93.9 cm³/mol. The van der Waals surface area contributed by atoms with Crippen LogP contribution in [0.1, 0.15) is 30.0 Å². The molecule has 2 aromatic rings. The van der Waals surface area contributed by atoms with Crippen molar-refractivity contribution in [2.24, 2.45) is 0 Å². The number of benzene rings is 2. The molecule has 0 radical (unpaired) electrons. The molecule has 1 unspecified atom stereocenters. The summed E-state index contributed by atoms with van der Waals surface area (Å²) in [7, 11) is 0. The van der Waals surface area contributed by atoms with Crippen LogP contribution in [0.3, 0.4) is 0 Å². The van der Waals surface area contributed by atoms with Crippen LogP contribution in [0.15, 0.2) is 42.5 Å². The highest BCUT2D eigenvalue weighted by molar-refractivity contribution is 6.31. The second-order valence-electron chi connectivity index (χ2n) is 5.63. The molecule has 0 saturated carbocycles. The van der Waals surface area contributed by atoms with Crippen LogP contribution < -0.4 is 10.1 Å². The molecule has 0 saturated heterocycles. The van der Waals surface area contributed by atoms with E-state index in [0.717, 1.165) is 11.1 Å². The Morgan fingerprint density at radius 3 is 2.65 bits per heavy atom. The SMILES string of the molecule is CCC(Oc1ccc(Cl)c(C)c1)C(=O)NCc1cccc(C)c1. The van der Waals surface area contributed by atoms with Crippen LogP contribution in [0.2, 0.25) is 5.02 Å². The Balaban J connectivity index is 1.96. The van der Waals surface area contributed by atoms with Crippen LogP contribution in [0.4, 0.5) is 0 Å². The number of halogens is 1. The molecule has 4 heteroatoms. The quantitative estimate of drug-likeness (QED) is 0.850. The van der Waals surface area contributed by atoms with E-state index in [0.29, 0.717) is 23.7 Å². The van der Waals surface area contributed by atoms with Gasteiger partial charge in [-0.15, -0.1) is 0 Å². The molecule has 0 aliphatic carbocycles. The summed E-state index contributed by atoms with van der Waals surface area (Å²) in [6, 6.07) is 13.5. The van der Waals surface area contributed by atoms with Crippen LogP contribution >= 0.6 is 11.6 Å². The van der Waals surface area contributed by atoms with E-state index in [1.165, 1.54) is 5.56 Å². The number of carbonyl (C=O) groups is 1. The zero-order valence-electron chi connectivity index (χ0n) is 13.7. The Kier molecular flexibility index (Phi) is 6.05. The normalized spacial score (nSPS) is 11.8. The van der Waals surface area contributed by atoms with Gasteiger partial charge < -0.3 is 10.1 Å². The zero-order valence-corrected chi connectivity index (χ0v) is 14.5. The van der Waals surface area contributed by atoms with Crippen LogP contribution in [-0.4, -0.2) is 12.0 Å². The highest BCUT2D eigenvalue weighted by Crippen LogP contribution is 2.22. The number of amides is 1. The van der Waals surface area contributed by atoms with Crippen molar-refractivity contribution in [2.45, 2.75) is 39.8 Å². The fourth-order valence-electron chi connectivity index (χ4n) is 2.30. The molecular weight excluding hydrogens is 310 g/mol. The fraction of sp³-hybridized carbons (Fsp3) is 0.316. The van der Waals surface area contributed by atoms with Crippen molar-refractivity contribution in [2.75, 3.05) is 0 Å². The summed E-state index contributed by atoms with van der Waals surface area (Å²) in [6.07, 6.45) is 0.0850. The first kappa shape index (κ1) is 17.4. The van der Waals surface area contributed by atoms with E-state index in [2.05, 4.69) is 11.4 Å². The van der Waals surface area contributed by atoms with Crippen molar-refractivity contribution < 1.29 is 9.53 Å². The van der Waals surface area contributed by atoms with Gasteiger partial charge in [0, 0.05) is 11.6 Å². The topological polar surface area (TPSA) is 38.3 Å². The molecule has 0 fully saturated rings. The molecule has 0 aliphatic heterocycles. The van der Waals surface area contributed by atoms with Crippen molar-refractivity contribution in [3.63, 3.8) is 0 Å². The van der Waals surface area contributed by atoms with E-state index in [1.807, 2.05) is 45.0 Å². The first-order valence-electron chi connectivity index (χ1n) is 7.75. The summed E-state index contributed by atoms with van der Waals surface area (Å²) in [4.78, 5) is 12.3. The smallest absolute Gasteiger partial charge is 0.261 e. The van der Waals surface area contributed by atoms with E-state index in [1.54, 1.807) is 12.1 Å². The minimum atomic E-state index is -0.514. The lowest BCUT2D eigenvalue weighted by molar-refractivity contribution is -0.128. The molecule has 1 amide bonds. The molecule has 0 aliphatic rings. The molecule has 0 aromatic heterocycles. The second kappa shape index (κ2) is 8.02. The number of hydrogen-bond donors (Lipinski definition) is 1. The molecule has 122 valence electrons. The van der Waals surface area contributed by atoms with Crippen LogP contribution in [0.25, 0.3) is 0 Å². The molecule has 23 heavy (non-hydrogen) atoms. The van der Waals surface area contributed by atoms with Crippen LogP contribution in [0, 0.1) is 13.8 Å². The van der Waals surface area contributed by atoms with Gasteiger partial charge in [-0.05, 0) is 49.6 Å². The number of carbonyl (C=O) groups excluding carboxylic acids is 1. The average molecular weight is 332 g/mol. The van der Waals surface area contributed by atoms with E-state index < -0.39 is 6.10 Å². The van der Waals surface area contributed by atoms with Gasteiger partial charge >= 0.3 is 0 Å². The third-order valence-corrected chi connectivity index (χ3v) is 4.04. The number of nitrogens with one attached hydrogen (secondary N) is 1. The van der Waals surface area contributed by atoms with Gasteiger partial charge in [-0.3, -0.25) is 4.79 Å². The van der Waals surface area contributed by atoms with Gasteiger partial charge in [-0.25, -0.2) is 0 Å². The van der Waals surface area contributed by atoms with Crippen molar-refractivity contribution in [3.8, 4) is 5.75 Å². The Bertz CT molecular complexity index is 685. The highest BCUT2D eigenvalue weighted by Gasteiger charge is 2.18. The van der Waals surface area contributed by atoms with Crippen molar-refractivity contribution in [1.82, 2.24) is 5.32 Å². The molecule has 2 rings (SSSR count). The largest absolute Gasteiger partial charge is 0.481 e. The highest BCUT2D eigenvalue weighted by atomic mass is 35.5. The summed E-state index contributed by atoms with van der Waals surface area (Å²) in [5, 5.41) is 3.62. The van der Waals surface area contributed by atoms with Gasteiger partial charge in [0.2, 0.25) is 0 Å². The van der Waals surface area contributed by atoms with Gasteiger partial charge in [0.05, 0.1) is 0 Å². The van der Waals surface area contributed by atoms with Crippen LogP contribution in [-0.2, 0) is 11.3 Å². The number of aryl methyl sites for hydroxylation is 2.